The molecular formula is C16H17BrN2O2. The van der Waals surface area contributed by atoms with Gasteiger partial charge in [-0.2, -0.15) is 0 Å². The van der Waals surface area contributed by atoms with E-state index >= 15 is 0 Å². The van der Waals surface area contributed by atoms with Gasteiger partial charge in [0.2, 0.25) is 0 Å². The molecule has 2 rings (SSSR count). The van der Waals surface area contributed by atoms with Crippen LogP contribution < -0.4 is 15.4 Å². The van der Waals surface area contributed by atoms with Gasteiger partial charge in [-0.15, -0.1) is 0 Å². The minimum Gasteiger partial charge on any atom is -0.473 e. The van der Waals surface area contributed by atoms with Crippen LogP contribution in [0.5, 0.6) is 5.75 Å². The first-order valence-electron chi connectivity index (χ1n) is 6.55. The molecule has 0 spiro atoms. The second-order valence-electron chi connectivity index (χ2n) is 4.70. The van der Waals surface area contributed by atoms with E-state index in [2.05, 4.69) is 26.6 Å². The van der Waals surface area contributed by atoms with Crippen molar-refractivity contribution in [3.63, 3.8) is 0 Å². The summed E-state index contributed by atoms with van der Waals surface area (Å²) in [5.41, 5.74) is 2.96. The molecule has 0 aliphatic rings. The first-order valence-corrected chi connectivity index (χ1v) is 7.34. The summed E-state index contributed by atoms with van der Waals surface area (Å²) in [6.07, 6.45) is 0. The van der Waals surface area contributed by atoms with Gasteiger partial charge in [0, 0.05) is 10.2 Å². The minimum atomic E-state index is -0.302. The zero-order valence-electron chi connectivity index (χ0n) is 11.9. The van der Waals surface area contributed by atoms with E-state index in [1.807, 2.05) is 56.3 Å². The number of carbonyl (C=O) groups is 1. The molecule has 0 saturated heterocycles. The molecule has 4 nitrogen and oxygen atoms in total. The fourth-order valence-electron chi connectivity index (χ4n) is 1.72. The smallest absolute Gasteiger partial charge is 0.321 e. The molecule has 0 atom stereocenters. The van der Waals surface area contributed by atoms with Crippen molar-refractivity contribution in [3.05, 3.63) is 58.1 Å². The van der Waals surface area contributed by atoms with Crippen LogP contribution in [-0.4, -0.2) is 12.8 Å². The van der Waals surface area contributed by atoms with Gasteiger partial charge in [-0.25, -0.2) is 4.79 Å². The Hall–Kier alpha value is -2.01. The molecule has 0 radical (unpaired) electrons. The summed E-state index contributed by atoms with van der Waals surface area (Å²) in [4.78, 5) is 11.7. The average molecular weight is 349 g/mol. The van der Waals surface area contributed by atoms with Gasteiger partial charge in [0.05, 0.1) is 0 Å². The van der Waals surface area contributed by atoms with E-state index in [1.165, 1.54) is 5.56 Å². The summed E-state index contributed by atoms with van der Waals surface area (Å²) in [7, 11) is 0. The zero-order valence-corrected chi connectivity index (χ0v) is 13.5. The van der Waals surface area contributed by atoms with Crippen molar-refractivity contribution in [2.24, 2.45) is 0 Å². The number of urea groups is 1. The summed E-state index contributed by atoms with van der Waals surface area (Å²) < 4.78 is 6.44. The van der Waals surface area contributed by atoms with E-state index < -0.39 is 0 Å². The largest absolute Gasteiger partial charge is 0.473 e. The van der Waals surface area contributed by atoms with Crippen LogP contribution in [0.3, 0.4) is 0 Å². The number of hydrogen-bond acceptors (Lipinski definition) is 2. The Kier molecular flexibility index (Phi) is 5.22. The standard InChI is InChI=1S/C16H17BrN2O2/c1-11-3-6-14(7-4-11)21-10-18-16(20)19-13-5-8-15(17)12(2)9-13/h3-9H,10H2,1-2H3,(H2,18,19,20). The Morgan fingerprint density at radius 1 is 1.14 bits per heavy atom. The summed E-state index contributed by atoms with van der Waals surface area (Å²) in [5, 5.41) is 5.40. The summed E-state index contributed by atoms with van der Waals surface area (Å²) in [6, 6.07) is 13.0. The van der Waals surface area contributed by atoms with E-state index in [4.69, 9.17) is 4.74 Å². The molecule has 2 aromatic rings. The second kappa shape index (κ2) is 7.13. The predicted molar refractivity (Wildman–Crippen MR) is 87.7 cm³/mol. The number of nitrogens with one attached hydrogen (secondary N) is 2. The van der Waals surface area contributed by atoms with Crippen LogP contribution in [0.2, 0.25) is 0 Å². The molecule has 0 fully saturated rings. The van der Waals surface area contributed by atoms with Gasteiger partial charge in [-0.3, -0.25) is 0 Å². The van der Waals surface area contributed by atoms with Gasteiger partial charge in [-0.1, -0.05) is 33.6 Å². The lowest BCUT2D eigenvalue weighted by molar-refractivity contribution is 0.234. The molecule has 2 aromatic carbocycles. The first-order chi connectivity index (χ1) is 10.0. The van der Waals surface area contributed by atoms with Crippen LogP contribution in [0.25, 0.3) is 0 Å². The SMILES string of the molecule is Cc1ccc(OCNC(=O)Nc2ccc(Br)c(C)c2)cc1. The maximum Gasteiger partial charge on any atom is 0.321 e. The summed E-state index contributed by atoms with van der Waals surface area (Å²) in [6.45, 7) is 4.09. The van der Waals surface area contributed by atoms with Gasteiger partial charge in [0.25, 0.3) is 0 Å². The van der Waals surface area contributed by atoms with Crippen molar-refractivity contribution in [1.82, 2.24) is 5.32 Å². The maximum absolute atomic E-state index is 11.7. The fourth-order valence-corrected chi connectivity index (χ4v) is 1.96. The molecule has 0 bridgehead atoms. The molecule has 2 N–H and O–H groups in total. The quantitative estimate of drug-likeness (QED) is 0.812. The highest BCUT2D eigenvalue weighted by Gasteiger charge is 2.03. The second-order valence-corrected chi connectivity index (χ2v) is 5.55. The predicted octanol–water partition coefficient (Wildman–Crippen LogP) is 4.22. The highest BCUT2D eigenvalue weighted by Crippen LogP contribution is 2.19. The Bertz CT molecular complexity index is 627. The Morgan fingerprint density at radius 2 is 1.86 bits per heavy atom. The molecule has 0 heterocycles. The van der Waals surface area contributed by atoms with E-state index in [1.54, 1.807) is 0 Å². The molecular weight excluding hydrogens is 332 g/mol. The van der Waals surface area contributed by atoms with Crippen molar-refractivity contribution < 1.29 is 9.53 Å². The van der Waals surface area contributed by atoms with Gasteiger partial charge in [-0.05, 0) is 49.7 Å². The number of halogens is 1. The number of amides is 2. The molecule has 21 heavy (non-hydrogen) atoms. The van der Waals surface area contributed by atoms with Crippen LogP contribution in [-0.2, 0) is 0 Å². The van der Waals surface area contributed by atoms with Gasteiger partial charge >= 0.3 is 6.03 Å². The van der Waals surface area contributed by atoms with Crippen molar-refractivity contribution in [3.8, 4) is 5.75 Å². The van der Waals surface area contributed by atoms with Gasteiger partial charge in [0.15, 0.2) is 6.73 Å². The molecule has 2 amide bonds. The number of benzene rings is 2. The van der Waals surface area contributed by atoms with Gasteiger partial charge in [0.1, 0.15) is 5.75 Å². The lowest BCUT2D eigenvalue weighted by Crippen LogP contribution is -2.32. The average Bonchev–Trinajstić information content (AvgIpc) is 2.45. The molecule has 0 saturated carbocycles. The highest BCUT2D eigenvalue weighted by molar-refractivity contribution is 9.10. The summed E-state index contributed by atoms with van der Waals surface area (Å²) in [5.74, 6) is 0.723. The maximum atomic E-state index is 11.7. The lowest BCUT2D eigenvalue weighted by atomic mass is 10.2. The van der Waals surface area contributed by atoms with E-state index in [9.17, 15) is 4.79 Å². The minimum absolute atomic E-state index is 0.115. The molecule has 0 unspecified atom stereocenters. The number of anilines is 1. The van der Waals surface area contributed by atoms with Crippen LogP contribution in [0, 0.1) is 13.8 Å². The first kappa shape index (κ1) is 15.4. The topological polar surface area (TPSA) is 50.4 Å². The summed E-state index contributed by atoms with van der Waals surface area (Å²) >= 11 is 3.42. The van der Waals surface area contributed by atoms with Crippen molar-refractivity contribution in [2.45, 2.75) is 13.8 Å². The number of carbonyl (C=O) groups excluding carboxylic acids is 1. The molecule has 0 aliphatic heterocycles. The van der Waals surface area contributed by atoms with Crippen molar-refractivity contribution in [2.75, 3.05) is 12.0 Å². The third-order valence-electron chi connectivity index (χ3n) is 2.91. The molecule has 0 aromatic heterocycles. The monoisotopic (exact) mass is 348 g/mol. The molecule has 110 valence electrons. The third-order valence-corrected chi connectivity index (χ3v) is 3.80. The van der Waals surface area contributed by atoms with Crippen molar-refractivity contribution >= 4 is 27.6 Å². The zero-order chi connectivity index (χ0) is 15.2. The Morgan fingerprint density at radius 3 is 2.52 bits per heavy atom. The number of ether oxygens (including phenoxy) is 1. The fraction of sp³-hybridized carbons (Fsp3) is 0.188. The van der Waals surface area contributed by atoms with Crippen LogP contribution in [0.4, 0.5) is 10.5 Å². The third kappa shape index (κ3) is 4.79. The lowest BCUT2D eigenvalue weighted by Gasteiger charge is -2.10. The molecule has 5 heteroatoms. The Balaban J connectivity index is 1.79. The van der Waals surface area contributed by atoms with Gasteiger partial charge < -0.3 is 15.4 Å². The molecule has 0 aliphatic carbocycles. The van der Waals surface area contributed by atoms with Crippen LogP contribution in [0.15, 0.2) is 46.9 Å². The number of hydrogen-bond donors (Lipinski definition) is 2. The van der Waals surface area contributed by atoms with Crippen LogP contribution in [0.1, 0.15) is 11.1 Å². The normalized spacial score (nSPS) is 10.0. The Labute approximate surface area is 132 Å². The van der Waals surface area contributed by atoms with E-state index in [-0.39, 0.29) is 12.8 Å². The van der Waals surface area contributed by atoms with Crippen molar-refractivity contribution in [1.29, 1.82) is 0 Å². The van der Waals surface area contributed by atoms with E-state index in [0.29, 0.717) is 0 Å². The van der Waals surface area contributed by atoms with E-state index in [0.717, 1.165) is 21.5 Å². The number of aryl methyl sites for hydroxylation is 2. The highest BCUT2D eigenvalue weighted by atomic mass is 79.9. The van der Waals surface area contributed by atoms with Crippen LogP contribution >= 0.6 is 15.9 Å². The number of rotatable bonds is 4.